The van der Waals surface area contributed by atoms with Crippen LogP contribution in [-0.4, -0.2) is 26.3 Å². The topological polar surface area (TPSA) is 59.9 Å². The van der Waals surface area contributed by atoms with Gasteiger partial charge in [-0.25, -0.2) is 5.43 Å². The number of methoxy groups -OCH3 is 2. The van der Waals surface area contributed by atoms with Crippen molar-refractivity contribution in [1.29, 1.82) is 0 Å². The largest absolute Gasteiger partial charge is 0.496 e. The van der Waals surface area contributed by atoms with Crippen LogP contribution in [0.3, 0.4) is 0 Å². The summed E-state index contributed by atoms with van der Waals surface area (Å²) in [6, 6.07) is 15.1. The lowest BCUT2D eigenvalue weighted by Gasteiger charge is -2.09. The molecule has 1 N–H and O–H groups in total. The summed E-state index contributed by atoms with van der Waals surface area (Å²) in [5.41, 5.74) is 3.76. The molecule has 3 aromatic carbocycles. The second-order valence-electron chi connectivity index (χ2n) is 5.62. The Bertz CT molecular complexity index is 1010. The molecule has 0 bridgehead atoms. The predicted molar refractivity (Wildman–Crippen MR) is 114 cm³/mol. The maximum Gasteiger partial charge on any atom is 0.275 e. The molecule has 0 heterocycles. The van der Waals surface area contributed by atoms with E-state index in [9.17, 15) is 4.79 Å². The van der Waals surface area contributed by atoms with Crippen LogP contribution in [0.15, 0.2) is 62.6 Å². The van der Waals surface area contributed by atoms with Gasteiger partial charge in [-0.05, 0) is 72.5 Å². The van der Waals surface area contributed by atoms with Crippen LogP contribution in [0.4, 0.5) is 0 Å². The van der Waals surface area contributed by atoms with Crippen LogP contribution < -0.4 is 14.9 Å². The smallest absolute Gasteiger partial charge is 0.275 e. The van der Waals surface area contributed by atoms with Crippen molar-refractivity contribution in [3.63, 3.8) is 0 Å². The minimum atomic E-state index is -0.347. The molecule has 138 valence electrons. The molecular formula is C20H16Br2N2O3. The zero-order valence-corrected chi connectivity index (χ0v) is 17.8. The first-order valence-corrected chi connectivity index (χ1v) is 9.55. The highest BCUT2D eigenvalue weighted by Gasteiger charge is 2.13. The quantitative estimate of drug-likeness (QED) is 0.396. The number of amides is 1. The van der Waals surface area contributed by atoms with Crippen LogP contribution in [0, 0.1) is 0 Å². The molecule has 7 heteroatoms. The second kappa shape index (κ2) is 8.54. The third-order valence-corrected chi connectivity index (χ3v) is 5.09. The van der Waals surface area contributed by atoms with Gasteiger partial charge in [-0.1, -0.05) is 24.3 Å². The molecule has 0 saturated carbocycles. The number of nitrogens with one attached hydrogen (secondary N) is 1. The van der Waals surface area contributed by atoms with Gasteiger partial charge in [0.05, 0.1) is 34.9 Å². The summed E-state index contributed by atoms with van der Waals surface area (Å²) in [7, 11) is 3.13. The predicted octanol–water partition coefficient (Wildman–Crippen LogP) is 5.15. The second-order valence-corrected chi connectivity index (χ2v) is 7.33. The van der Waals surface area contributed by atoms with Gasteiger partial charge >= 0.3 is 0 Å². The molecule has 0 aliphatic rings. The number of hydrogen-bond donors (Lipinski definition) is 1. The van der Waals surface area contributed by atoms with Crippen molar-refractivity contribution in [2.45, 2.75) is 0 Å². The Morgan fingerprint density at radius 2 is 1.63 bits per heavy atom. The SMILES string of the molecule is COc1cc2ccccc2cc1C(=O)N/N=C\c1cc(Br)c(OC)c(Br)c1. The molecule has 3 rings (SSSR count). The number of rotatable bonds is 5. The van der Waals surface area contributed by atoms with Gasteiger partial charge in [0.15, 0.2) is 0 Å². The number of hydrogen-bond acceptors (Lipinski definition) is 4. The molecule has 0 unspecified atom stereocenters. The lowest BCUT2D eigenvalue weighted by Crippen LogP contribution is -2.18. The maximum atomic E-state index is 12.5. The molecule has 0 aliphatic carbocycles. The van der Waals surface area contributed by atoms with Gasteiger partial charge in [-0.15, -0.1) is 0 Å². The summed E-state index contributed by atoms with van der Waals surface area (Å²) in [5.74, 6) is 0.842. The van der Waals surface area contributed by atoms with E-state index in [0.717, 1.165) is 25.3 Å². The van der Waals surface area contributed by atoms with Crippen LogP contribution in [0.25, 0.3) is 10.8 Å². The van der Waals surface area contributed by atoms with Crippen molar-refractivity contribution in [2.75, 3.05) is 14.2 Å². The van der Waals surface area contributed by atoms with Gasteiger partial charge in [0.2, 0.25) is 0 Å². The van der Waals surface area contributed by atoms with Crippen LogP contribution in [0.2, 0.25) is 0 Å². The lowest BCUT2D eigenvalue weighted by molar-refractivity contribution is 0.0952. The number of halogens is 2. The summed E-state index contributed by atoms with van der Waals surface area (Å²) in [6.07, 6.45) is 1.56. The number of nitrogens with zero attached hydrogens (tertiary/aromatic N) is 1. The van der Waals surface area contributed by atoms with Crippen LogP contribution >= 0.6 is 31.9 Å². The Hall–Kier alpha value is -2.38. The average molecular weight is 492 g/mol. The van der Waals surface area contributed by atoms with Gasteiger partial charge < -0.3 is 9.47 Å². The van der Waals surface area contributed by atoms with E-state index in [2.05, 4.69) is 42.4 Å². The molecule has 0 saturated heterocycles. The Morgan fingerprint density at radius 1 is 1.00 bits per heavy atom. The number of carbonyl (C=O) groups excluding carboxylic acids is 1. The summed E-state index contributed by atoms with van der Waals surface area (Å²) in [4.78, 5) is 12.5. The first kappa shape index (κ1) is 19.4. The molecule has 3 aromatic rings. The molecule has 0 aromatic heterocycles. The normalized spacial score (nSPS) is 11.0. The van der Waals surface area contributed by atoms with Crippen molar-refractivity contribution in [1.82, 2.24) is 5.43 Å². The Kier molecular flexibility index (Phi) is 6.13. The summed E-state index contributed by atoms with van der Waals surface area (Å²) in [5, 5.41) is 6.00. The Balaban J connectivity index is 1.82. The summed E-state index contributed by atoms with van der Waals surface area (Å²) in [6.45, 7) is 0. The first-order chi connectivity index (χ1) is 13.0. The average Bonchev–Trinajstić information content (AvgIpc) is 2.66. The standard InChI is InChI=1S/C20H16Br2N2O3/c1-26-18-10-14-6-4-3-5-13(14)9-15(18)20(25)24-23-11-12-7-16(21)19(27-2)17(22)8-12/h3-11H,1-2H3,(H,24,25)/b23-11-. The van der Waals surface area contributed by atoms with Crippen molar-refractivity contribution in [2.24, 2.45) is 5.10 Å². The minimum Gasteiger partial charge on any atom is -0.496 e. The molecule has 0 radical (unpaired) electrons. The van der Waals surface area contributed by atoms with Gasteiger partial charge in [0.1, 0.15) is 11.5 Å². The van der Waals surface area contributed by atoms with Gasteiger partial charge in [-0.3, -0.25) is 4.79 Å². The van der Waals surface area contributed by atoms with E-state index in [1.807, 2.05) is 42.5 Å². The summed E-state index contributed by atoms with van der Waals surface area (Å²) >= 11 is 6.87. The van der Waals surface area contributed by atoms with E-state index in [0.29, 0.717) is 17.1 Å². The van der Waals surface area contributed by atoms with E-state index < -0.39 is 0 Å². The maximum absolute atomic E-state index is 12.5. The molecule has 0 atom stereocenters. The van der Waals surface area contributed by atoms with Gasteiger partial charge in [0.25, 0.3) is 5.91 Å². The van der Waals surface area contributed by atoms with E-state index in [4.69, 9.17) is 9.47 Å². The van der Waals surface area contributed by atoms with Crippen molar-refractivity contribution in [3.8, 4) is 11.5 Å². The number of benzene rings is 3. The third-order valence-electron chi connectivity index (χ3n) is 3.92. The fourth-order valence-electron chi connectivity index (χ4n) is 2.64. The highest BCUT2D eigenvalue weighted by molar-refractivity contribution is 9.11. The highest BCUT2D eigenvalue weighted by atomic mass is 79.9. The van der Waals surface area contributed by atoms with E-state index in [1.54, 1.807) is 19.4 Å². The fraction of sp³-hybridized carbons (Fsp3) is 0.100. The monoisotopic (exact) mass is 490 g/mol. The van der Waals surface area contributed by atoms with E-state index in [-0.39, 0.29) is 5.91 Å². The van der Waals surface area contributed by atoms with E-state index in [1.165, 1.54) is 7.11 Å². The molecule has 0 fully saturated rings. The Labute approximate surface area is 173 Å². The van der Waals surface area contributed by atoms with Crippen molar-refractivity contribution >= 4 is 54.8 Å². The van der Waals surface area contributed by atoms with Gasteiger partial charge in [0, 0.05) is 0 Å². The van der Waals surface area contributed by atoms with Gasteiger partial charge in [-0.2, -0.15) is 5.10 Å². The molecule has 27 heavy (non-hydrogen) atoms. The van der Waals surface area contributed by atoms with Crippen molar-refractivity contribution < 1.29 is 14.3 Å². The highest BCUT2D eigenvalue weighted by Crippen LogP contribution is 2.34. The molecule has 0 spiro atoms. The molecule has 0 aliphatic heterocycles. The van der Waals surface area contributed by atoms with E-state index >= 15 is 0 Å². The third kappa shape index (κ3) is 4.31. The fourth-order valence-corrected chi connectivity index (χ4v) is 4.19. The van der Waals surface area contributed by atoms with Crippen LogP contribution in [0.1, 0.15) is 15.9 Å². The summed E-state index contributed by atoms with van der Waals surface area (Å²) < 4.78 is 12.2. The number of hydrazone groups is 1. The number of ether oxygens (including phenoxy) is 2. The number of carbonyl (C=O) groups is 1. The zero-order valence-electron chi connectivity index (χ0n) is 14.6. The minimum absolute atomic E-state index is 0.347. The Morgan fingerprint density at radius 3 is 2.22 bits per heavy atom. The number of fused-ring (bicyclic) bond motifs is 1. The molecule has 1 amide bonds. The van der Waals surface area contributed by atoms with Crippen LogP contribution in [0.5, 0.6) is 11.5 Å². The first-order valence-electron chi connectivity index (χ1n) is 7.96. The molecule has 5 nitrogen and oxygen atoms in total. The van der Waals surface area contributed by atoms with Crippen molar-refractivity contribution in [3.05, 3.63) is 68.6 Å². The molecular weight excluding hydrogens is 476 g/mol. The zero-order chi connectivity index (χ0) is 19.4. The van der Waals surface area contributed by atoms with Crippen LogP contribution in [-0.2, 0) is 0 Å². The lowest BCUT2D eigenvalue weighted by atomic mass is 10.1.